The van der Waals surface area contributed by atoms with Gasteiger partial charge in [-0.15, -0.1) is 0 Å². The summed E-state index contributed by atoms with van der Waals surface area (Å²) in [7, 11) is 6.57. The number of fused-ring (bicyclic) bond motifs is 2. The number of carboxylic acid groups (broad SMARTS) is 1. The van der Waals surface area contributed by atoms with Gasteiger partial charge >= 0.3 is 11.9 Å². The molecule has 2 heterocycles. The number of rotatable bonds is 7. The van der Waals surface area contributed by atoms with Crippen LogP contribution in [0.2, 0.25) is 0 Å². The highest BCUT2D eigenvalue weighted by atomic mass is 16.5. The van der Waals surface area contributed by atoms with Gasteiger partial charge in [0.2, 0.25) is 5.95 Å². The monoisotopic (exact) mass is 585 g/mol. The van der Waals surface area contributed by atoms with E-state index < -0.39 is 11.9 Å². The first-order chi connectivity index (χ1) is 20.7. The molecule has 0 bridgehead atoms. The van der Waals surface area contributed by atoms with E-state index in [4.69, 9.17) is 19.3 Å². The maximum atomic E-state index is 12.9. The van der Waals surface area contributed by atoms with Gasteiger partial charge in [-0.2, -0.15) is 4.98 Å². The number of carbonyl (C=O) groups is 3. The summed E-state index contributed by atoms with van der Waals surface area (Å²) in [4.78, 5) is 47.8. The maximum Gasteiger partial charge on any atom is 0.338 e. The molecule has 0 radical (unpaired) electrons. The average Bonchev–Trinajstić information content (AvgIpc) is 3.11. The number of aromatic nitrogens is 2. The minimum atomic E-state index is -0.941. The molecule has 222 valence electrons. The summed E-state index contributed by atoms with van der Waals surface area (Å²) in [6.45, 7) is 2.04. The molecular formula is C31H31N5O7. The molecule has 2 N–H and O–H groups in total. The first kappa shape index (κ1) is 30.3. The molecule has 0 fully saturated rings. The number of ether oxygens (including phenoxy) is 3. The smallest absolute Gasteiger partial charge is 0.338 e. The van der Waals surface area contributed by atoms with E-state index in [0.29, 0.717) is 45.8 Å². The van der Waals surface area contributed by atoms with E-state index in [2.05, 4.69) is 15.3 Å². The normalized spacial score (nSPS) is 11.7. The number of benzene rings is 3. The van der Waals surface area contributed by atoms with Crippen molar-refractivity contribution < 1.29 is 33.7 Å². The van der Waals surface area contributed by atoms with Crippen LogP contribution in [-0.2, 0) is 4.74 Å². The third kappa shape index (κ3) is 6.64. The second-order valence-electron chi connectivity index (χ2n) is 9.14. The topological polar surface area (TPSA) is 143 Å². The van der Waals surface area contributed by atoms with Gasteiger partial charge in [0.25, 0.3) is 5.91 Å². The van der Waals surface area contributed by atoms with Crippen LogP contribution in [0.25, 0.3) is 0 Å². The predicted molar refractivity (Wildman–Crippen MR) is 161 cm³/mol. The number of nitrogens with zero attached hydrogens (tertiary/aromatic N) is 4. The highest BCUT2D eigenvalue weighted by Crippen LogP contribution is 2.38. The second kappa shape index (κ2) is 13.3. The predicted octanol–water partition coefficient (Wildman–Crippen LogP) is 5.16. The Kier molecular flexibility index (Phi) is 9.40. The average molecular weight is 586 g/mol. The standard InChI is InChI=1S/C23H23N5O4.C8H8O3/c1-5-32-22(30)14-10-11-16(19(12-14)31-4)25-23-24-13-18-20(26-23)27(2)17-9-7-6-8-15(17)21(29)28(18)3;1-11-7-4-2-3-6(5-7)8(9)10/h6-13H,5H2,1-4H3,(H,24,25,26);2-5H,1H3,(H,9,10). The van der Waals surface area contributed by atoms with Gasteiger partial charge in [-0.3, -0.25) is 4.79 Å². The molecule has 12 nitrogen and oxygen atoms in total. The molecule has 1 aromatic heterocycles. The summed E-state index contributed by atoms with van der Waals surface area (Å²) < 4.78 is 15.3. The number of nitrogens with one attached hydrogen (secondary N) is 1. The number of para-hydroxylation sites is 1. The van der Waals surface area contributed by atoms with E-state index in [1.165, 1.54) is 31.3 Å². The molecule has 43 heavy (non-hydrogen) atoms. The van der Waals surface area contributed by atoms with Crippen LogP contribution >= 0.6 is 0 Å². The van der Waals surface area contributed by atoms with E-state index in [0.717, 1.165) is 5.69 Å². The number of anilines is 5. The number of esters is 1. The molecule has 0 saturated heterocycles. The number of carboxylic acids is 1. The van der Waals surface area contributed by atoms with Crippen molar-refractivity contribution in [2.24, 2.45) is 0 Å². The number of hydrogen-bond donors (Lipinski definition) is 2. The van der Waals surface area contributed by atoms with Gasteiger partial charge in [-0.05, 0) is 55.5 Å². The minimum absolute atomic E-state index is 0.133. The lowest BCUT2D eigenvalue weighted by Crippen LogP contribution is -2.25. The van der Waals surface area contributed by atoms with Crippen LogP contribution in [-0.4, -0.2) is 67.8 Å². The van der Waals surface area contributed by atoms with E-state index in [-0.39, 0.29) is 18.1 Å². The van der Waals surface area contributed by atoms with Gasteiger partial charge in [-0.25, -0.2) is 14.6 Å². The summed E-state index contributed by atoms with van der Waals surface area (Å²) in [5.74, 6) is 0.399. The lowest BCUT2D eigenvalue weighted by molar-refractivity contribution is 0.0525. The molecule has 1 amide bonds. The van der Waals surface area contributed by atoms with Crippen molar-refractivity contribution in [2.45, 2.75) is 6.92 Å². The summed E-state index contributed by atoms with van der Waals surface area (Å²) >= 11 is 0. The van der Waals surface area contributed by atoms with Gasteiger partial charge in [-0.1, -0.05) is 18.2 Å². The van der Waals surface area contributed by atoms with E-state index >= 15 is 0 Å². The Morgan fingerprint density at radius 3 is 2.37 bits per heavy atom. The van der Waals surface area contributed by atoms with Crippen molar-refractivity contribution in [3.63, 3.8) is 0 Å². The molecule has 5 rings (SSSR count). The second-order valence-corrected chi connectivity index (χ2v) is 9.14. The van der Waals surface area contributed by atoms with Crippen LogP contribution in [0.15, 0.2) is 72.9 Å². The Bertz CT molecular complexity index is 1660. The third-order valence-electron chi connectivity index (χ3n) is 6.51. The number of carbonyl (C=O) groups excluding carboxylic acids is 2. The van der Waals surface area contributed by atoms with Crippen LogP contribution in [0, 0.1) is 0 Å². The van der Waals surface area contributed by atoms with Crippen molar-refractivity contribution in [2.75, 3.05) is 50.0 Å². The first-order valence-corrected chi connectivity index (χ1v) is 13.2. The molecule has 1 aliphatic heterocycles. The maximum absolute atomic E-state index is 12.9. The number of amides is 1. The number of hydrogen-bond acceptors (Lipinski definition) is 10. The Hall–Kier alpha value is -5.65. The zero-order chi connectivity index (χ0) is 31.1. The SMILES string of the molecule is CCOC(=O)c1ccc(Nc2ncc3c(n2)N(C)c2ccccc2C(=O)N3C)c(OC)c1.COc1cccc(C(=O)O)c1. The molecular weight excluding hydrogens is 554 g/mol. The van der Waals surface area contributed by atoms with Crippen molar-refractivity contribution in [3.05, 3.63) is 89.6 Å². The van der Waals surface area contributed by atoms with Gasteiger partial charge in [0.15, 0.2) is 5.82 Å². The molecule has 0 spiro atoms. The molecule has 0 unspecified atom stereocenters. The summed E-state index contributed by atoms with van der Waals surface area (Å²) in [5, 5.41) is 11.7. The van der Waals surface area contributed by atoms with Gasteiger partial charge < -0.3 is 34.4 Å². The van der Waals surface area contributed by atoms with Crippen LogP contribution in [0.3, 0.4) is 0 Å². The fourth-order valence-electron chi connectivity index (χ4n) is 4.27. The fraction of sp³-hybridized carbons (Fsp3) is 0.194. The molecule has 3 aromatic carbocycles. The third-order valence-corrected chi connectivity index (χ3v) is 6.51. The van der Waals surface area contributed by atoms with Crippen LogP contribution < -0.4 is 24.6 Å². The van der Waals surface area contributed by atoms with Crippen molar-refractivity contribution >= 4 is 46.7 Å². The molecule has 1 aliphatic rings. The summed E-state index contributed by atoms with van der Waals surface area (Å²) in [6, 6.07) is 18.7. The van der Waals surface area contributed by atoms with E-state index in [1.807, 2.05) is 30.1 Å². The number of aromatic carboxylic acids is 1. The Balaban J connectivity index is 0.000000324. The molecule has 0 atom stereocenters. The lowest BCUT2D eigenvalue weighted by atomic mass is 10.1. The van der Waals surface area contributed by atoms with Gasteiger partial charge in [0.05, 0.1) is 55.1 Å². The van der Waals surface area contributed by atoms with E-state index in [1.54, 1.807) is 56.6 Å². The lowest BCUT2D eigenvalue weighted by Gasteiger charge is -2.21. The number of methoxy groups -OCH3 is 2. The van der Waals surface area contributed by atoms with Crippen LogP contribution in [0.5, 0.6) is 11.5 Å². The fourth-order valence-corrected chi connectivity index (χ4v) is 4.27. The Labute approximate surface area is 248 Å². The summed E-state index contributed by atoms with van der Waals surface area (Å²) in [5.41, 5.74) is 3.13. The van der Waals surface area contributed by atoms with Crippen molar-refractivity contribution in [1.82, 2.24) is 9.97 Å². The minimum Gasteiger partial charge on any atom is -0.497 e. The van der Waals surface area contributed by atoms with Gasteiger partial charge in [0.1, 0.15) is 17.2 Å². The largest absolute Gasteiger partial charge is 0.497 e. The highest BCUT2D eigenvalue weighted by molar-refractivity contribution is 6.13. The van der Waals surface area contributed by atoms with Crippen LogP contribution in [0.1, 0.15) is 38.0 Å². The highest BCUT2D eigenvalue weighted by Gasteiger charge is 2.28. The zero-order valence-electron chi connectivity index (χ0n) is 24.3. The molecule has 0 saturated carbocycles. The molecule has 12 heteroatoms. The Morgan fingerprint density at radius 1 is 0.907 bits per heavy atom. The van der Waals surface area contributed by atoms with E-state index in [9.17, 15) is 14.4 Å². The Morgan fingerprint density at radius 2 is 1.67 bits per heavy atom. The zero-order valence-corrected chi connectivity index (χ0v) is 24.3. The quantitative estimate of drug-likeness (QED) is 0.278. The first-order valence-electron chi connectivity index (χ1n) is 13.2. The molecule has 0 aliphatic carbocycles. The molecule has 4 aromatic rings. The van der Waals surface area contributed by atoms with Gasteiger partial charge in [0, 0.05) is 14.1 Å². The van der Waals surface area contributed by atoms with Crippen molar-refractivity contribution in [3.8, 4) is 11.5 Å². The summed E-state index contributed by atoms with van der Waals surface area (Å²) in [6.07, 6.45) is 1.60. The van der Waals surface area contributed by atoms with Crippen LogP contribution in [0.4, 0.5) is 28.8 Å². The van der Waals surface area contributed by atoms with Crippen molar-refractivity contribution in [1.29, 1.82) is 0 Å².